The first-order valence-electron chi connectivity index (χ1n) is 6.36. The molecule has 0 aromatic carbocycles. The van der Waals surface area contributed by atoms with Crippen LogP contribution in [0.5, 0.6) is 0 Å². The minimum atomic E-state index is 0.713. The molecule has 0 spiro atoms. The van der Waals surface area contributed by atoms with Crippen molar-refractivity contribution >= 4 is 26.8 Å². The predicted molar refractivity (Wildman–Crippen MR) is 73.2 cm³/mol. The number of aromatic nitrogens is 3. The number of anilines is 1. The fourth-order valence-corrected chi connectivity index (χ4v) is 3.28. The summed E-state index contributed by atoms with van der Waals surface area (Å²) in [6.07, 6.45) is 2.30. The van der Waals surface area contributed by atoms with Gasteiger partial charge in [0.25, 0.3) is 0 Å². The Morgan fingerprint density at radius 2 is 2.22 bits per heavy atom. The van der Waals surface area contributed by atoms with Gasteiger partial charge in [-0.05, 0) is 25.7 Å². The summed E-state index contributed by atoms with van der Waals surface area (Å²) in [6, 6.07) is 0. The summed E-state index contributed by atoms with van der Waals surface area (Å²) in [5, 5.41) is 8.82. The van der Waals surface area contributed by atoms with E-state index in [-0.39, 0.29) is 0 Å². The molecule has 98 valence electrons. The third kappa shape index (κ3) is 2.22. The van der Waals surface area contributed by atoms with Gasteiger partial charge in [0.2, 0.25) is 0 Å². The Morgan fingerprint density at radius 1 is 1.44 bits per heavy atom. The average molecular weight is 266 g/mol. The third-order valence-corrected chi connectivity index (χ3v) is 4.54. The van der Waals surface area contributed by atoms with Crippen LogP contribution in [0.15, 0.2) is 0 Å². The highest BCUT2D eigenvalue weighted by molar-refractivity contribution is 7.22. The fourth-order valence-electron chi connectivity index (χ4n) is 2.34. The summed E-state index contributed by atoms with van der Waals surface area (Å²) in [5.41, 5.74) is 2.04. The van der Waals surface area contributed by atoms with Crippen molar-refractivity contribution in [2.24, 2.45) is 13.0 Å². The molecule has 0 amide bonds. The normalized spacial score (nSPS) is 17.4. The van der Waals surface area contributed by atoms with Crippen LogP contribution in [0.1, 0.15) is 18.5 Å². The molecule has 1 aliphatic rings. The molecule has 0 bridgehead atoms. The van der Waals surface area contributed by atoms with Crippen LogP contribution in [0, 0.1) is 12.8 Å². The average Bonchev–Trinajstić information content (AvgIpc) is 2.91. The standard InChI is InChI=1S/C12H18N4OS/c1-8-10-11(16(2)15-8)14-12(18-10)13-7-9-3-5-17-6-4-9/h9H,3-7H2,1-2H3,(H,13,14). The zero-order chi connectivity index (χ0) is 12.5. The van der Waals surface area contributed by atoms with Gasteiger partial charge in [0.15, 0.2) is 10.8 Å². The van der Waals surface area contributed by atoms with Crippen molar-refractivity contribution in [1.29, 1.82) is 0 Å². The van der Waals surface area contributed by atoms with E-state index in [1.807, 2.05) is 18.7 Å². The smallest absolute Gasteiger partial charge is 0.185 e. The molecule has 1 fully saturated rings. The van der Waals surface area contributed by atoms with E-state index in [4.69, 9.17) is 4.74 Å². The number of hydrogen-bond donors (Lipinski definition) is 1. The molecule has 0 radical (unpaired) electrons. The second-order valence-corrected chi connectivity index (χ2v) is 5.82. The van der Waals surface area contributed by atoms with E-state index in [0.29, 0.717) is 5.92 Å². The van der Waals surface area contributed by atoms with Crippen LogP contribution >= 0.6 is 11.3 Å². The zero-order valence-corrected chi connectivity index (χ0v) is 11.6. The summed E-state index contributed by atoms with van der Waals surface area (Å²) in [7, 11) is 1.94. The molecule has 0 saturated carbocycles. The lowest BCUT2D eigenvalue weighted by atomic mass is 10.0. The van der Waals surface area contributed by atoms with Crippen molar-refractivity contribution in [2.45, 2.75) is 19.8 Å². The highest BCUT2D eigenvalue weighted by Gasteiger charge is 2.15. The molecule has 1 N–H and O–H groups in total. The Bertz CT molecular complexity index is 507. The molecule has 3 rings (SSSR count). The van der Waals surface area contributed by atoms with E-state index < -0.39 is 0 Å². The lowest BCUT2D eigenvalue weighted by Gasteiger charge is -2.21. The quantitative estimate of drug-likeness (QED) is 0.925. The van der Waals surface area contributed by atoms with E-state index in [1.54, 1.807) is 11.3 Å². The minimum absolute atomic E-state index is 0.713. The first kappa shape index (κ1) is 11.9. The van der Waals surface area contributed by atoms with E-state index in [0.717, 1.165) is 49.1 Å². The fraction of sp³-hybridized carbons (Fsp3) is 0.667. The number of rotatable bonds is 3. The van der Waals surface area contributed by atoms with Crippen molar-refractivity contribution in [1.82, 2.24) is 14.8 Å². The summed E-state index contributed by atoms with van der Waals surface area (Å²) < 4.78 is 8.40. The van der Waals surface area contributed by atoms with Gasteiger partial charge in [-0.2, -0.15) is 5.10 Å². The van der Waals surface area contributed by atoms with E-state index >= 15 is 0 Å². The van der Waals surface area contributed by atoms with Gasteiger partial charge in [-0.1, -0.05) is 11.3 Å². The number of ether oxygens (including phenoxy) is 1. The topological polar surface area (TPSA) is 52.0 Å². The Labute approximate surface area is 110 Å². The van der Waals surface area contributed by atoms with Gasteiger partial charge in [0.05, 0.1) is 10.4 Å². The Morgan fingerprint density at radius 3 is 2.94 bits per heavy atom. The van der Waals surface area contributed by atoms with Crippen molar-refractivity contribution in [2.75, 3.05) is 25.1 Å². The molecule has 0 unspecified atom stereocenters. The number of nitrogens with zero attached hydrogens (tertiary/aromatic N) is 3. The highest BCUT2D eigenvalue weighted by atomic mass is 32.1. The van der Waals surface area contributed by atoms with Crippen LogP contribution in [0.25, 0.3) is 10.3 Å². The summed E-state index contributed by atoms with van der Waals surface area (Å²) in [4.78, 5) is 4.59. The third-order valence-electron chi connectivity index (χ3n) is 3.43. The number of fused-ring (bicyclic) bond motifs is 1. The first-order valence-corrected chi connectivity index (χ1v) is 7.17. The molecule has 18 heavy (non-hydrogen) atoms. The van der Waals surface area contributed by atoms with Crippen LogP contribution in [0.3, 0.4) is 0 Å². The van der Waals surface area contributed by atoms with Gasteiger partial charge in [-0.25, -0.2) is 9.67 Å². The molecule has 1 aliphatic heterocycles. The van der Waals surface area contributed by atoms with Crippen molar-refractivity contribution in [3.63, 3.8) is 0 Å². The Kier molecular flexibility index (Phi) is 3.22. The monoisotopic (exact) mass is 266 g/mol. The molecule has 6 heteroatoms. The van der Waals surface area contributed by atoms with E-state index in [1.165, 1.54) is 4.70 Å². The molecular weight excluding hydrogens is 248 g/mol. The van der Waals surface area contributed by atoms with Gasteiger partial charge in [0, 0.05) is 26.8 Å². The lowest BCUT2D eigenvalue weighted by molar-refractivity contribution is 0.0699. The maximum absolute atomic E-state index is 5.37. The first-order chi connectivity index (χ1) is 8.74. The van der Waals surface area contributed by atoms with Crippen LogP contribution in [-0.2, 0) is 11.8 Å². The highest BCUT2D eigenvalue weighted by Crippen LogP contribution is 2.28. The molecule has 2 aromatic heterocycles. The van der Waals surface area contributed by atoms with Gasteiger partial charge in [-0.15, -0.1) is 0 Å². The minimum Gasteiger partial charge on any atom is -0.381 e. The maximum Gasteiger partial charge on any atom is 0.185 e. The number of nitrogens with one attached hydrogen (secondary N) is 1. The van der Waals surface area contributed by atoms with Gasteiger partial charge >= 0.3 is 0 Å². The van der Waals surface area contributed by atoms with Crippen molar-refractivity contribution in [3.8, 4) is 0 Å². The second-order valence-electron chi connectivity index (χ2n) is 4.82. The lowest BCUT2D eigenvalue weighted by Crippen LogP contribution is -2.22. The molecule has 1 saturated heterocycles. The van der Waals surface area contributed by atoms with Crippen LogP contribution < -0.4 is 5.32 Å². The SMILES string of the molecule is Cc1nn(C)c2nc(NCC3CCOCC3)sc12. The van der Waals surface area contributed by atoms with Crippen molar-refractivity contribution in [3.05, 3.63) is 5.69 Å². The summed E-state index contributed by atoms with van der Waals surface area (Å²) in [5.74, 6) is 0.713. The Hall–Kier alpha value is -1.14. The number of aryl methyl sites for hydroxylation is 2. The van der Waals surface area contributed by atoms with Gasteiger partial charge in [0.1, 0.15) is 0 Å². The molecule has 0 atom stereocenters. The number of thiazole rings is 1. The molecular formula is C12H18N4OS. The van der Waals surface area contributed by atoms with Crippen LogP contribution in [-0.4, -0.2) is 34.5 Å². The van der Waals surface area contributed by atoms with Gasteiger partial charge < -0.3 is 10.1 Å². The molecule has 3 heterocycles. The van der Waals surface area contributed by atoms with Crippen LogP contribution in [0.4, 0.5) is 5.13 Å². The molecule has 5 nitrogen and oxygen atoms in total. The largest absolute Gasteiger partial charge is 0.381 e. The van der Waals surface area contributed by atoms with E-state index in [2.05, 4.69) is 15.4 Å². The second kappa shape index (κ2) is 4.85. The van der Waals surface area contributed by atoms with Gasteiger partial charge in [-0.3, -0.25) is 0 Å². The predicted octanol–water partition coefficient (Wildman–Crippen LogP) is 2.18. The summed E-state index contributed by atoms with van der Waals surface area (Å²) >= 11 is 1.70. The molecule has 0 aliphatic carbocycles. The van der Waals surface area contributed by atoms with Crippen molar-refractivity contribution < 1.29 is 4.74 Å². The summed E-state index contributed by atoms with van der Waals surface area (Å²) in [6.45, 7) is 4.82. The zero-order valence-electron chi connectivity index (χ0n) is 10.8. The maximum atomic E-state index is 5.37. The molecule has 2 aromatic rings. The Balaban J connectivity index is 1.69. The number of hydrogen-bond acceptors (Lipinski definition) is 5. The van der Waals surface area contributed by atoms with Crippen LogP contribution in [0.2, 0.25) is 0 Å². The van der Waals surface area contributed by atoms with E-state index in [9.17, 15) is 0 Å².